The van der Waals surface area contributed by atoms with E-state index in [0.717, 1.165) is 24.1 Å². The number of hydrogen-bond acceptors (Lipinski definition) is 7. The standard InChI is InChI=1S/C24H24FN7O2/c1-15-7-8-16(11-26-15)22-21(25)24(28-17-5-4-9-31(13-17)20(34)14-33)30-23(29-22)18-12-27-32-10-3-2-6-19(18)32/h2-3,6-8,10-12,17,33H,4-5,9,13-14H2,1H3,(H,28,29,30)/t17-/m1/s1. The monoisotopic (exact) mass is 461 g/mol. The second kappa shape index (κ2) is 9.14. The van der Waals surface area contributed by atoms with E-state index in [4.69, 9.17) is 0 Å². The predicted octanol–water partition coefficient (Wildman–Crippen LogP) is 2.70. The Labute approximate surface area is 195 Å². The van der Waals surface area contributed by atoms with Crippen molar-refractivity contribution in [2.45, 2.75) is 25.8 Å². The predicted molar refractivity (Wildman–Crippen MR) is 124 cm³/mol. The average molecular weight is 462 g/mol. The molecule has 9 nitrogen and oxygen atoms in total. The van der Waals surface area contributed by atoms with Gasteiger partial charge in [0.05, 0.1) is 17.3 Å². The number of piperidine rings is 1. The van der Waals surface area contributed by atoms with Crippen molar-refractivity contribution < 1.29 is 14.3 Å². The summed E-state index contributed by atoms with van der Waals surface area (Å²) in [4.78, 5) is 26.9. The van der Waals surface area contributed by atoms with E-state index in [0.29, 0.717) is 30.0 Å². The third-order valence-electron chi connectivity index (χ3n) is 5.95. The van der Waals surface area contributed by atoms with E-state index in [1.807, 2.05) is 31.3 Å². The molecule has 5 rings (SSSR count). The van der Waals surface area contributed by atoms with Crippen molar-refractivity contribution in [1.82, 2.24) is 29.5 Å². The fourth-order valence-electron chi connectivity index (χ4n) is 4.18. The topological polar surface area (TPSA) is 109 Å². The first-order valence-electron chi connectivity index (χ1n) is 11.1. The van der Waals surface area contributed by atoms with Gasteiger partial charge in [0, 0.05) is 42.8 Å². The summed E-state index contributed by atoms with van der Waals surface area (Å²) in [5.74, 6) is -0.538. The highest BCUT2D eigenvalue weighted by atomic mass is 19.1. The van der Waals surface area contributed by atoms with Gasteiger partial charge in [-0.3, -0.25) is 9.78 Å². The summed E-state index contributed by atoms with van der Waals surface area (Å²) in [5, 5.41) is 16.8. The summed E-state index contributed by atoms with van der Waals surface area (Å²) >= 11 is 0. The Kier molecular flexibility index (Phi) is 5.89. The number of pyridine rings is 2. The summed E-state index contributed by atoms with van der Waals surface area (Å²) in [7, 11) is 0. The summed E-state index contributed by atoms with van der Waals surface area (Å²) in [6.07, 6.45) is 6.55. The van der Waals surface area contributed by atoms with Crippen LogP contribution in [0.4, 0.5) is 10.2 Å². The van der Waals surface area contributed by atoms with Crippen molar-refractivity contribution in [3.8, 4) is 22.6 Å². The van der Waals surface area contributed by atoms with E-state index in [-0.39, 0.29) is 23.5 Å². The van der Waals surface area contributed by atoms with Crippen molar-refractivity contribution in [2.24, 2.45) is 0 Å². The first-order chi connectivity index (χ1) is 16.5. The van der Waals surface area contributed by atoms with Gasteiger partial charge in [0.15, 0.2) is 17.5 Å². The lowest BCUT2D eigenvalue weighted by atomic mass is 10.1. The number of fused-ring (bicyclic) bond motifs is 1. The van der Waals surface area contributed by atoms with Crippen molar-refractivity contribution in [2.75, 3.05) is 25.0 Å². The van der Waals surface area contributed by atoms with Crippen LogP contribution in [0.15, 0.2) is 48.9 Å². The Bertz CT molecular complexity index is 1340. The molecule has 2 N–H and O–H groups in total. The van der Waals surface area contributed by atoms with E-state index < -0.39 is 12.4 Å². The number of halogens is 1. The number of hydrogen-bond donors (Lipinski definition) is 2. The number of amides is 1. The summed E-state index contributed by atoms with van der Waals surface area (Å²) < 4.78 is 17.4. The Hall–Kier alpha value is -3.92. The van der Waals surface area contributed by atoms with Gasteiger partial charge in [-0.1, -0.05) is 6.07 Å². The van der Waals surface area contributed by atoms with Crippen LogP contribution in [0.2, 0.25) is 0 Å². The summed E-state index contributed by atoms with van der Waals surface area (Å²) in [6.45, 7) is 2.24. The highest BCUT2D eigenvalue weighted by molar-refractivity contribution is 5.78. The third-order valence-corrected chi connectivity index (χ3v) is 5.95. The normalized spacial score (nSPS) is 16.1. The fourth-order valence-corrected chi connectivity index (χ4v) is 4.18. The Morgan fingerprint density at radius 3 is 2.91 bits per heavy atom. The van der Waals surface area contributed by atoms with Crippen LogP contribution in [0.1, 0.15) is 18.5 Å². The number of likely N-dealkylation sites (tertiary alicyclic amines) is 1. The molecule has 0 spiro atoms. The van der Waals surface area contributed by atoms with Gasteiger partial charge in [0.1, 0.15) is 12.3 Å². The maximum atomic E-state index is 15.7. The molecule has 0 aliphatic carbocycles. The Morgan fingerprint density at radius 2 is 2.12 bits per heavy atom. The molecule has 5 heterocycles. The number of carbonyl (C=O) groups is 1. The Morgan fingerprint density at radius 1 is 1.24 bits per heavy atom. The molecule has 0 aromatic carbocycles. The molecular formula is C24H24FN7O2. The molecular weight excluding hydrogens is 437 g/mol. The van der Waals surface area contributed by atoms with Gasteiger partial charge in [-0.05, 0) is 44.0 Å². The van der Waals surface area contributed by atoms with Gasteiger partial charge >= 0.3 is 0 Å². The molecule has 1 atom stereocenters. The van der Waals surface area contributed by atoms with Crippen LogP contribution in [-0.4, -0.2) is 66.2 Å². The summed E-state index contributed by atoms with van der Waals surface area (Å²) in [6, 6.07) is 9.03. The summed E-state index contributed by atoms with van der Waals surface area (Å²) in [5.41, 5.74) is 2.95. The number of nitrogens with one attached hydrogen (secondary N) is 1. The van der Waals surface area contributed by atoms with Gasteiger partial charge in [-0.15, -0.1) is 0 Å². The molecule has 34 heavy (non-hydrogen) atoms. The van der Waals surface area contributed by atoms with Gasteiger partial charge in [0.25, 0.3) is 0 Å². The zero-order chi connectivity index (χ0) is 23.7. The van der Waals surface area contributed by atoms with Gasteiger partial charge in [0.2, 0.25) is 5.91 Å². The molecule has 1 aliphatic rings. The molecule has 4 aromatic rings. The molecule has 4 aromatic heterocycles. The minimum Gasteiger partial charge on any atom is -0.387 e. The SMILES string of the molecule is Cc1ccc(-c2nc(-c3cnn4ccccc34)nc(N[C@@H]3CCCN(C(=O)CO)C3)c2F)cn1. The lowest BCUT2D eigenvalue weighted by Gasteiger charge is -2.33. The second-order valence-corrected chi connectivity index (χ2v) is 8.32. The van der Waals surface area contributed by atoms with E-state index >= 15 is 4.39 Å². The van der Waals surface area contributed by atoms with Crippen LogP contribution in [0, 0.1) is 12.7 Å². The number of aromatic nitrogens is 5. The van der Waals surface area contributed by atoms with Crippen molar-refractivity contribution in [1.29, 1.82) is 0 Å². The number of anilines is 1. The molecule has 1 amide bonds. The first kappa shape index (κ1) is 21.9. The number of carbonyl (C=O) groups excluding carboxylic acids is 1. The molecule has 1 aliphatic heterocycles. The number of aryl methyl sites for hydroxylation is 1. The number of nitrogens with zero attached hydrogens (tertiary/aromatic N) is 6. The molecule has 0 unspecified atom stereocenters. The third kappa shape index (κ3) is 4.19. The molecule has 10 heteroatoms. The largest absolute Gasteiger partial charge is 0.387 e. The highest BCUT2D eigenvalue weighted by Crippen LogP contribution is 2.30. The molecule has 0 saturated carbocycles. The van der Waals surface area contributed by atoms with Gasteiger partial charge in [-0.2, -0.15) is 5.10 Å². The highest BCUT2D eigenvalue weighted by Gasteiger charge is 2.26. The van der Waals surface area contributed by atoms with E-state index in [2.05, 4.69) is 25.4 Å². The number of rotatable bonds is 5. The number of aliphatic hydroxyl groups is 1. The van der Waals surface area contributed by atoms with Crippen LogP contribution in [-0.2, 0) is 4.79 Å². The quantitative estimate of drug-likeness (QED) is 0.470. The van der Waals surface area contributed by atoms with Crippen molar-refractivity contribution >= 4 is 17.2 Å². The van der Waals surface area contributed by atoms with Crippen LogP contribution in [0.3, 0.4) is 0 Å². The molecule has 1 fully saturated rings. The zero-order valence-corrected chi connectivity index (χ0v) is 18.6. The van der Waals surface area contributed by atoms with E-state index in [1.54, 1.807) is 33.9 Å². The smallest absolute Gasteiger partial charge is 0.248 e. The van der Waals surface area contributed by atoms with Crippen LogP contribution in [0.25, 0.3) is 28.2 Å². The molecule has 1 saturated heterocycles. The minimum atomic E-state index is -0.587. The van der Waals surface area contributed by atoms with Crippen molar-refractivity contribution in [3.05, 3.63) is 60.4 Å². The van der Waals surface area contributed by atoms with Crippen LogP contribution >= 0.6 is 0 Å². The first-order valence-corrected chi connectivity index (χ1v) is 11.1. The van der Waals surface area contributed by atoms with Gasteiger partial charge in [-0.25, -0.2) is 18.9 Å². The Balaban J connectivity index is 1.58. The zero-order valence-electron chi connectivity index (χ0n) is 18.6. The lowest BCUT2D eigenvalue weighted by molar-refractivity contribution is -0.135. The lowest BCUT2D eigenvalue weighted by Crippen LogP contribution is -2.46. The molecule has 0 bridgehead atoms. The van der Waals surface area contributed by atoms with Gasteiger partial charge < -0.3 is 15.3 Å². The van der Waals surface area contributed by atoms with Crippen LogP contribution in [0.5, 0.6) is 0 Å². The number of aliphatic hydroxyl groups excluding tert-OH is 1. The van der Waals surface area contributed by atoms with Crippen LogP contribution < -0.4 is 5.32 Å². The average Bonchev–Trinajstić information content (AvgIpc) is 3.30. The minimum absolute atomic E-state index is 0.0548. The maximum Gasteiger partial charge on any atom is 0.248 e. The fraction of sp³-hybridized carbons (Fsp3) is 0.292. The maximum absolute atomic E-state index is 15.7. The van der Waals surface area contributed by atoms with E-state index in [1.165, 1.54) is 0 Å². The van der Waals surface area contributed by atoms with Crippen molar-refractivity contribution in [3.63, 3.8) is 0 Å². The molecule has 0 radical (unpaired) electrons. The second-order valence-electron chi connectivity index (χ2n) is 8.32. The van der Waals surface area contributed by atoms with E-state index in [9.17, 15) is 9.90 Å². The molecule has 174 valence electrons.